The van der Waals surface area contributed by atoms with E-state index in [0.717, 1.165) is 10.1 Å². The van der Waals surface area contributed by atoms with Gasteiger partial charge in [-0.25, -0.2) is 14.2 Å². The van der Waals surface area contributed by atoms with Crippen molar-refractivity contribution in [2.24, 2.45) is 14.1 Å². The van der Waals surface area contributed by atoms with Crippen molar-refractivity contribution < 1.29 is 9.18 Å². The van der Waals surface area contributed by atoms with Gasteiger partial charge in [0.15, 0.2) is 0 Å². The first kappa shape index (κ1) is 16.6. The van der Waals surface area contributed by atoms with Gasteiger partial charge in [0, 0.05) is 20.6 Å². The lowest BCUT2D eigenvalue weighted by Gasteiger charge is -2.09. The molecule has 0 bridgehead atoms. The molecule has 128 valence electrons. The van der Waals surface area contributed by atoms with Crippen LogP contribution in [0.15, 0.2) is 46.0 Å². The van der Waals surface area contributed by atoms with Crippen molar-refractivity contribution in [2.75, 3.05) is 0 Å². The van der Waals surface area contributed by atoms with Crippen LogP contribution in [0.4, 0.5) is 4.39 Å². The van der Waals surface area contributed by atoms with Crippen molar-refractivity contribution in [3.05, 3.63) is 74.3 Å². The predicted molar refractivity (Wildman–Crippen MR) is 89.8 cm³/mol. The van der Waals surface area contributed by atoms with Crippen LogP contribution in [0.25, 0.3) is 11.0 Å². The zero-order valence-electron chi connectivity index (χ0n) is 13.6. The molecule has 0 aliphatic carbocycles. The van der Waals surface area contributed by atoms with Gasteiger partial charge in [-0.05, 0) is 29.8 Å². The van der Waals surface area contributed by atoms with E-state index < -0.39 is 17.2 Å². The van der Waals surface area contributed by atoms with Gasteiger partial charge in [-0.3, -0.25) is 18.7 Å². The molecule has 3 aromatic rings. The molecule has 2 aromatic heterocycles. The fourth-order valence-electron chi connectivity index (χ4n) is 2.46. The van der Waals surface area contributed by atoms with Crippen LogP contribution in [-0.4, -0.2) is 20.0 Å². The minimum absolute atomic E-state index is 0.0814. The smallest absolute Gasteiger partial charge is 0.332 e. The summed E-state index contributed by atoms with van der Waals surface area (Å²) in [7, 11) is 2.87. The van der Waals surface area contributed by atoms with Gasteiger partial charge in [0.25, 0.3) is 11.5 Å². The Morgan fingerprint density at radius 1 is 1.08 bits per heavy atom. The van der Waals surface area contributed by atoms with Crippen LogP contribution < -0.4 is 16.6 Å². The largest absolute Gasteiger partial charge is 0.347 e. The number of fused-ring (bicyclic) bond motifs is 1. The maximum atomic E-state index is 12.9. The molecule has 0 radical (unpaired) electrons. The summed E-state index contributed by atoms with van der Waals surface area (Å²) < 4.78 is 15.1. The highest BCUT2D eigenvalue weighted by Gasteiger charge is 2.13. The Morgan fingerprint density at radius 2 is 1.76 bits per heavy atom. The van der Waals surface area contributed by atoms with E-state index in [2.05, 4.69) is 10.3 Å². The van der Waals surface area contributed by atoms with Crippen molar-refractivity contribution >= 4 is 16.9 Å². The van der Waals surface area contributed by atoms with Crippen molar-refractivity contribution in [2.45, 2.75) is 6.54 Å². The number of carbonyl (C=O) groups excluding carboxylic acids is 1. The Hall–Kier alpha value is -3.29. The molecule has 0 unspecified atom stereocenters. The zero-order valence-corrected chi connectivity index (χ0v) is 13.6. The van der Waals surface area contributed by atoms with Crippen molar-refractivity contribution in [1.29, 1.82) is 0 Å². The molecule has 2 heterocycles. The molecule has 0 atom stereocenters. The summed E-state index contributed by atoms with van der Waals surface area (Å²) in [5, 5.41) is 2.91. The molecule has 1 aromatic carbocycles. The molecule has 0 saturated carbocycles. The summed E-state index contributed by atoms with van der Waals surface area (Å²) in [5.74, 6) is -0.812. The van der Waals surface area contributed by atoms with Crippen LogP contribution >= 0.6 is 0 Å². The number of rotatable bonds is 3. The summed E-state index contributed by atoms with van der Waals surface area (Å²) in [6.45, 7) is 0.203. The monoisotopic (exact) mass is 342 g/mol. The van der Waals surface area contributed by atoms with Crippen LogP contribution in [-0.2, 0) is 20.6 Å². The van der Waals surface area contributed by atoms with Gasteiger partial charge in [-0.1, -0.05) is 12.1 Å². The Balaban J connectivity index is 1.91. The summed E-state index contributed by atoms with van der Waals surface area (Å²) in [6.07, 6.45) is 0. The highest BCUT2D eigenvalue weighted by Crippen LogP contribution is 2.07. The summed E-state index contributed by atoms with van der Waals surface area (Å²) in [6, 6.07) is 8.64. The molecule has 0 aliphatic heterocycles. The first-order chi connectivity index (χ1) is 11.9. The highest BCUT2D eigenvalue weighted by molar-refractivity contribution is 5.94. The number of nitrogens with zero attached hydrogens (tertiary/aromatic N) is 3. The van der Waals surface area contributed by atoms with E-state index in [9.17, 15) is 18.8 Å². The van der Waals surface area contributed by atoms with E-state index in [1.807, 2.05) is 0 Å². The molecule has 8 heteroatoms. The molecule has 3 rings (SSSR count). The molecule has 1 amide bonds. The molecular formula is C17H15FN4O3. The van der Waals surface area contributed by atoms with Gasteiger partial charge in [0.05, 0.1) is 5.39 Å². The Kier molecular flexibility index (Phi) is 4.18. The molecule has 1 N–H and O–H groups in total. The molecular weight excluding hydrogens is 327 g/mol. The third-order valence-corrected chi connectivity index (χ3v) is 3.90. The second-order valence-electron chi connectivity index (χ2n) is 5.58. The quantitative estimate of drug-likeness (QED) is 0.759. The average Bonchev–Trinajstić information content (AvgIpc) is 2.63. The molecule has 0 saturated heterocycles. The van der Waals surface area contributed by atoms with E-state index in [4.69, 9.17) is 0 Å². The first-order valence-electron chi connectivity index (χ1n) is 7.48. The number of hydrogen-bond acceptors (Lipinski definition) is 4. The summed E-state index contributed by atoms with van der Waals surface area (Å²) in [4.78, 5) is 40.5. The van der Waals surface area contributed by atoms with E-state index in [0.29, 0.717) is 0 Å². The Morgan fingerprint density at radius 3 is 2.44 bits per heavy atom. The van der Waals surface area contributed by atoms with Crippen molar-refractivity contribution in [3.8, 4) is 0 Å². The third-order valence-electron chi connectivity index (χ3n) is 3.90. The standard InChI is InChI=1S/C17H15FN4O3/c1-21-14-12(16(24)22(2)17(21)25)7-8-13(20-14)15(23)19-9-10-3-5-11(18)6-4-10/h3-8H,9H2,1-2H3,(H,19,23). The number of amides is 1. The maximum Gasteiger partial charge on any atom is 0.332 e. The van der Waals surface area contributed by atoms with Gasteiger partial charge in [-0.15, -0.1) is 0 Å². The summed E-state index contributed by atoms with van der Waals surface area (Å²) >= 11 is 0. The SMILES string of the molecule is Cn1c(=O)c2ccc(C(=O)NCc3ccc(F)cc3)nc2n(C)c1=O. The van der Waals surface area contributed by atoms with Crippen LogP contribution in [0.3, 0.4) is 0 Å². The van der Waals surface area contributed by atoms with E-state index in [1.54, 1.807) is 12.1 Å². The van der Waals surface area contributed by atoms with Crippen LogP contribution in [0, 0.1) is 5.82 Å². The number of benzene rings is 1. The van der Waals surface area contributed by atoms with E-state index in [1.165, 1.54) is 42.9 Å². The predicted octanol–water partition coefficient (Wildman–Crippen LogP) is 0.701. The zero-order chi connectivity index (χ0) is 18.1. The topological polar surface area (TPSA) is 86.0 Å². The lowest BCUT2D eigenvalue weighted by Crippen LogP contribution is -2.37. The highest BCUT2D eigenvalue weighted by atomic mass is 19.1. The Labute approximate surface area is 141 Å². The Bertz CT molecular complexity index is 1080. The van der Waals surface area contributed by atoms with Crippen LogP contribution in [0.2, 0.25) is 0 Å². The normalized spacial score (nSPS) is 10.8. The van der Waals surface area contributed by atoms with Crippen LogP contribution in [0.1, 0.15) is 16.1 Å². The third kappa shape index (κ3) is 3.06. The molecule has 7 nitrogen and oxygen atoms in total. The van der Waals surface area contributed by atoms with Gasteiger partial charge < -0.3 is 5.32 Å². The number of hydrogen-bond donors (Lipinski definition) is 1. The first-order valence-corrected chi connectivity index (χ1v) is 7.48. The minimum Gasteiger partial charge on any atom is -0.347 e. The van der Waals surface area contributed by atoms with E-state index >= 15 is 0 Å². The van der Waals surface area contributed by atoms with Gasteiger partial charge in [0.1, 0.15) is 17.2 Å². The maximum absolute atomic E-state index is 12.9. The second kappa shape index (κ2) is 6.31. The second-order valence-corrected chi connectivity index (χ2v) is 5.58. The van der Waals surface area contributed by atoms with Gasteiger partial charge in [0.2, 0.25) is 0 Å². The lowest BCUT2D eigenvalue weighted by atomic mass is 10.2. The molecule has 0 fully saturated rings. The number of halogens is 1. The van der Waals surface area contributed by atoms with Crippen LogP contribution in [0.5, 0.6) is 0 Å². The fourth-order valence-corrected chi connectivity index (χ4v) is 2.46. The summed E-state index contributed by atoms with van der Waals surface area (Å²) in [5.41, 5.74) is -0.0325. The minimum atomic E-state index is -0.520. The van der Waals surface area contributed by atoms with Crippen molar-refractivity contribution in [3.63, 3.8) is 0 Å². The molecule has 0 aliphatic rings. The number of pyridine rings is 1. The molecule has 25 heavy (non-hydrogen) atoms. The lowest BCUT2D eigenvalue weighted by molar-refractivity contribution is 0.0946. The number of carbonyl (C=O) groups is 1. The number of nitrogens with one attached hydrogen (secondary N) is 1. The van der Waals surface area contributed by atoms with E-state index in [-0.39, 0.29) is 29.1 Å². The molecule has 0 spiro atoms. The number of aromatic nitrogens is 3. The van der Waals surface area contributed by atoms with Gasteiger partial charge >= 0.3 is 5.69 Å². The van der Waals surface area contributed by atoms with Crippen molar-refractivity contribution in [1.82, 2.24) is 19.4 Å². The average molecular weight is 342 g/mol. The fraction of sp³-hybridized carbons (Fsp3) is 0.176. The number of aryl methyl sites for hydroxylation is 1. The van der Waals surface area contributed by atoms with Gasteiger partial charge in [-0.2, -0.15) is 0 Å².